The van der Waals surface area contributed by atoms with Gasteiger partial charge in [-0.25, -0.2) is 9.59 Å². The van der Waals surface area contributed by atoms with Crippen LogP contribution in [0, 0.1) is 11.3 Å². The van der Waals surface area contributed by atoms with Gasteiger partial charge in [-0.05, 0) is 114 Å². The maximum absolute atomic E-state index is 13.1. The van der Waals surface area contributed by atoms with Gasteiger partial charge in [-0.2, -0.15) is 0 Å². The zero-order chi connectivity index (χ0) is 29.8. The van der Waals surface area contributed by atoms with E-state index in [0.717, 1.165) is 75.4 Å². The number of hydrogen-bond donors (Lipinski definition) is 1. The maximum atomic E-state index is 13.1. The molecule has 3 saturated heterocycles. The van der Waals surface area contributed by atoms with Gasteiger partial charge >= 0.3 is 11.8 Å². The molecule has 1 aromatic carbocycles. The molecule has 1 saturated carbocycles. The minimum atomic E-state index is -0.656. The van der Waals surface area contributed by atoms with Crippen LogP contribution in [0.5, 0.6) is 0 Å². The van der Waals surface area contributed by atoms with Crippen LogP contribution in [0.25, 0.3) is 11.0 Å². The van der Waals surface area contributed by atoms with Gasteiger partial charge in [0.15, 0.2) is 0 Å². The van der Waals surface area contributed by atoms with Crippen molar-refractivity contribution < 1.29 is 19.1 Å². The molecule has 3 aliphatic heterocycles. The Labute approximate surface area is 247 Å². The largest absolute Gasteiger partial charge is 0.444 e. The third kappa shape index (κ3) is 5.62. The van der Waals surface area contributed by atoms with Gasteiger partial charge in [0, 0.05) is 33.1 Å². The van der Waals surface area contributed by atoms with E-state index in [-0.39, 0.29) is 24.1 Å². The normalized spacial score (nSPS) is 24.2. The first kappa shape index (κ1) is 29.0. The topological polar surface area (TPSA) is 106 Å². The summed E-state index contributed by atoms with van der Waals surface area (Å²) in [5.41, 5.74) is 2.57. The molecule has 4 aliphatic rings. The highest BCUT2D eigenvalue weighted by atomic mass is 16.6. The first-order chi connectivity index (χ1) is 19.9. The van der Waals surface area contributed by atoms with Gasteiger partial charge in [0.25, 0.3) is 0 Å². The first-order valence-corrected chi connectivity index (χ1v) is 15.7. The molecule has 10 nitrogen and oxygen atoms in total. The summed E-state index contributed by atoms with van der Waals surface area (Å²) < 4.78 is 8.74. The molecule has 1 unspecified atom stereocenters. The third-order valence-electron chi connectivity index (χ3n) is 10.1. The van der Waals surface area contributed by atoms with Crippen molar-refractivity contribution in [3.63, 3.8) is 0 Å². The Kier molecular flexibility index (Phi) is 7.48. The number of nitrogens with zero attached hydrogens (tertiary/aromatic N) is 4. The van der Waals surface area contributed by atoms with Crippen molar-refractivity contribution in [1.82, 2.24) is 24.3 Å². The highest BCUT2D eigenvalue weighted by Gasteiger charge is 2.47. The molecule has 10 heteroatoms. The second-order valence-electron chi connectivity index (χ2n) is 14.2. The predicted molar refractivity (Wildman–Crippen MR) is 159 cm³/mol. The smallest absolute Gasteiger partial charge is 0.410 e. The maximum Gasteiger partial charge on any atom is 0.410 e. The molecule has 1 spiro atoms. The van der Waals surface area contributed by atoms with E-state index in [2.05, 4.69) is 22.3 Å². The lowest BCUT2D eigenvalue weighted by Gasteiger charge is -2.53. The van der Waals surface area contributed by atoms with Crippen LogP contribution in [0.1, 0.15) is 89.7 Å². The van der Waals surface area contributed by atoms with Crippen molar-refractivity contribution in [3.8, 4) is 0 Å². The molecule has 4 fully saturated rings. The van der Waals surface area contributed by atoms with Crippen LogP contribution >= 0.6 is 0 Å². The summed E-state index contributed by atoms with van der Waals surface area (Å²) in [6.45, 7) is 10.7. The molecule has 0 bridgehead atoms. The van der Waals surface area contributed by atoms with Gasteiger partial charge in [-0.1, -0.05) is 6.07 Å². The monoisotopic (exact) mass is 579 g/mol. The van der Waals surface area contributed by atoms with Gasteiger partial charge in [-0.3, -0.25) is 24.0 Å². The van der Waals surface area contributed by atoms with Crippen molar-refractivity contribution >= 4 is 28.9 Å². The molecule has 0 radical (unpaired) electrons. The number of amides is 3. The molecular weight excluding hydrogens is 534 g/mol. The minimum Gasteiger partial charge on any atom is -0.444 e. The number of imidazole rings is 1. The number of benzene rings is 1. The van der Waals surface area contributed by atoms with E-state index in [1.165, 1.54) is 18.4 Å². The van der Waals surface area contributed by atoms with E-state index in [1.54, 1.807) is 16.2 Å². The molecule has 1 N–H and O–H groups in total. The molecule has 1 aromatic heterocycles. The number of nitrogens with one attached hydrogen (secondary N) is 1. The summed E-state index contributed by atoms with van der Waals surface area (Å²) in [6, 6.07) is 5.56. The molecule has 3 amide bonds. The average molecular weight is 580 g/mol. The number of piperidine rings is 3. The number of carbonyl (C=O) groups is 3. The fraction of sp³-hybridized carbons (Fsp3) is 0.688. The van der Waals surface area contributed by atoms with Crippen LogP contribution in [0.4, 0.5) is 4.79 Å². The molecule has 1 aliphatic carbocycles. The first-order valence-electron chi connectivity index (χ1n) is 15.7. The lowest BCUT2D eigenvalue weighted by molar-refractivity contribution is -0.135. The second-order valence-corrected chi connectivity index (χ2v) is 14.2. The minimum absolute atomic E-state index is 0.177. The molecular formula is C32H45N5O5. The van der Waals surface area contributed by atoms with E-state index in [0.29, 0.717) is 17.8 Å². The van der Waals surface area contributed by atoms with Gasteiger partial charge in [0.2, 0.25) is 11.8 Å². The van der Waals surface area contributed by atoms with Crippen LogP contribution < -0.4 is 11.0 Å². The number of imide groups is 1. The number of aromatic nitrogens is 2. The highest BCUT2D eigenvalue weighted by molar-refractivity contribution is 6.00. The average Bonchev–Trinajstić information content (AvgIpc) is 3.17. The van der Waals surface area contributed by atoms with Crippen LogP contribution in [0.3, 0.4) is 0 Å². The van der Waals surface area contributed by atoms with Crippen LogP contribution in [0.2, 0.25) is 0 Å². The zero-order valence-corrected chi connectivity index (χ0v) is 25.5. The van der Waals surface area contributed by atoms with E-state index in [4.69, 9.17) is 4.74 Å². The van der Waals surface area contributed by atoms with Crippen molar-refractivity contribution in [2.75, 3.05) is 32.7 Å². The number of likely N-dealkylation sites (tertiary alicyclic amines) is 2. The number of ether oxygens (including phenoxy) is 1. The van der Waals surface area contributed by atoms with Crippen LogP contribution in [-0.2, 0) is 21.4 Å². The molecule has 1 atom stereocenters. The fourth-order valence-corrected chi connectivity index (χ4v) is 7.87. The Bertz CT molecular complexity index is 1430. The third-order valence-corrected chi connectivity index (χ3v) is 10.1. The summed E-state index contributed by atoms with van der Waals surface area (Å²) in [4.78, 5) is 54.2. The SMILES string of the molecule is Cn1c(=O)n(C2CCC(=O)NC2=O)c2ccc(C3CCN(CC4CC5(CCN(C(=O)OC(C)(C)C)CC5)C4)CC3)cc21. The standard InChI is InChI=1S/C32H45N5O5/c1-31(2,3)42-30(41)36-15-11-32(12-16-36)18-21(19-32)20-35-13-9-22(10-14-35)23-5-6-24-26(17-23)34(4)29(40)37(24)25-7-8-27(38)33-28(25)39/h5-6,17,21-22,25H,7-16,18-20H2,1-4H3,(H,33,38,39). The van der Waals surface area contributed by atoms with Crippen LogP contribution in [0.15, 0.2) is 23.0 Å². The quantitative estimate of drug-likeness (QED) is 0.551. The van der Waals surface area contributed by atoms with E-state index < -0.39 is 17.6 Å². The number of carbonyl (C=O) groups excluding carboxylic acids is 3. The van der Waals surface area contributed by atoms with E-state index in [1.807, 2.05) is 31.7 Å². The molecule has 4 heterocycles. The van der Waals surface area contributed by atoms with Crippen LogP contribution in [-0.4, -0.2) is 75.2 Å². The Morgan fingerprint density at radius 1 is 1.00 bits per heavy atom. The Morgan fingerprint density at radius 3 is 2.33 bits per heavy atom. The zero-order valence-electron chi connectivity index (χ0n) is 25.5. The van der Waals surface area contributed by atoms with E-state index in [9.17, 15) is 19.2 Å². The number of hydrogen-bond acceptors (Lipinski definition) is 6. The van der Waals surface area contributed by atoms with E-state index >= 15 is 0 Å². The van der Waals surface area contributed by atoms with Crippen molar-refractivity contribution in [2.45, 2.75) is 89.7 Å². The molecule has 2 aromatic rings. The molecule has 6 rings (SSSR count). The Balaban J connectivity index is 1.01. The van der Waals surface area contributed by atoms with Gasteiger partial charge in [0.05, 0.1) is 11.0 Å². The van der Waals surface area contributed by atoms with Crippen molar-refractivity contribution in [3.05, 3.63) is 34.2 Å². The van der Waals surface area contributed by atoms with Crippen molar-refractivity contribution in [2.24, 2.45) is 18.4 Å². The lowest BCUT2D eigenvalue weighted by Crippen LogP contribution is -2.51. The van der Waals surface area contributed by atoms with Gasteiger partial charge < -0.3 is 14.5 Å². The van der Waals surface area contributed by atoms with Gasteiger partial charge in [-0.15, -0.1) is 0 Å². The second kappa shape index (κ2) is 10.8. The van der Waals surface area contributed by atoms with Crippen molar-refractivity contribution in [1.29, 1.82) is 0 Å². The summed E-state index contributed by atoms with van der Waals surface area (Å²) in [6.07, 6.45) is 7.30. The number of rotatable bonds is 4. The number of fused-ring (bicyclic) bond motifs is 1. The Hall–Kier alpha value is -3.14. The highest BCUT2D eigenvalue weighted by Crippen LogP contribution is 2.53. The Morgan fingerprint density at radius 2 is 1.69 bits per heavy atom. The summed E-state index contributed by atoms with van der Waals surface area (Å²) in [5, 5.41) is 2.38. The summed E-state index contributed by atoms with van der Waals surface area (Å²) >= 11 is 0. The fourth-order valence-electron chi connectivity index (χ4n) is 7.87. The number of aryl methyl sites for hydroxylation is 1. The molecule has 228 valence electrons. The summed E-state index contributed by atoms with van der Waals surface area (Å²) in [7, 11) is 1.76. The van der Waals surface area contributed by atoms with Gasteiger partial charge in [0.1, 0.15) is 11.6 Å². The molecule has 42 heavy (non-hydrogen) atoms. The predicted octanol–water partition coefficient (Wildman–Crippen LogP) is 3.92. The summed E-state index contributed by atoms with van der Waals surface area (Å²) in [5.74, 6) is 0.508. The lowest BCUT2D eigenvalue weighted by atomic mass is 9.57.